The van der Waals surface area contributed by atoms with E-state index in [1.807, 2.05) is 0 Å². The Labute approximate surface area is 97.7 Å². The highest BCUT2D eigenvalue weighted by atomic mass is 16.3. The summed E-state index contributed by atoms with van der Waals surface area (Å²) in [5, 5.41) is 1.02. The SMILES string of the molecule is c1ncc2oc3nc4c(cc3c2n1)CCCC4. The van der Waals surface area contributed by atoms with Crippen LogP contribution in [0.5, 0.6) is 0 Å². The third-order valence-electron chi connectivity index (χ3n) is 3.41. The normalized spacial score (nSPS) is 15.3. The molecule has 0 saturated carbocycles. The topological polar surface area (TPSA) is 51.8 Å². The van der Waals surface area contributed by atoms with Gasteiger partial charge < -0.3 is 4.42 Å². The van der Waals surface area contributed by atoms with Crippen molar-refractivity contribution in [2.45, 2.75) is 25.7 Å². The van der Waals surface area contributed by atoms with Gasteiger partial charge in [-0.1, -0.05) is 0 Å². The summed E-state index contributed by atoms with van der Waals surface area (Å²) in [4.78, 5) is 12.9. The number of pyridine rings is 1. The summed E-state index contributed by atoms with van der Waals surface area (Å²) in [6, 6.07) is 2.19. The van der Waals surface area contributed by atoms with Gasteiger partial charge in [0.25, 0.3) is 0 Å². The molecule has 4 heteroatoms. The van der Waals surface area contributed by atoms with E-state index in [1.54, 1.807) is 12.5 Å². The molecule has 0 fully saturated rings. The van der Waals surface area contributed by atoms with Gasteiger partial charge in [0.2, 0.25) is 5.71 Å². The van der Waals surface area contributed by atoms with Gasteiger partial charge in [-0.3, -0.25) is 0 Å². The summed E-state index contributed by atoms with van der Waals surface area (Å²) in [5.41, 5.74) is 4.83. The molecule has 0 amide bonds. The van der Waals surface area contributed by atoms with Gasteiger partial charge in [0.05, 0.1) is 11.6 Å². The molecule has 3 aromatic rings. The van der Waals surface area contributed by atoms with E-state index < -0.39 is 0 Å². The van der Waals surface area contributed by atoms with E-state index in [9.17, 15) is 0 Å². The highest BCUT2D eigenvalue weighted by molar-refractivity contribution is 6.00. The third kappa shape index (κ3) is 1.27. The van der Waals surface area contributed by atoms with Gasteiger partial charge >= 0.3 is 0 Å². The molecular formula is C13H11N3O. The van der Waals surface area contributed by atoms with Gasteiger partial charge in [-0.05, 0) is 37.3 Å². The zero-order chi connectivity index (χ0) is 11.2. The van der Waals surface area contributed by atoms with Crippen LogP contribution in [0.15, 0.2) is 23.0 Å². The summed E-state index contributed by atoms with van der Waals surface area (Å²) in [5.74, 6) is 0. The zero-order valence-electron chi connectivity index (χ0n) is 9.31. The second kappa shape index (κ2) is 3.26. The molecule has 84 valence electrons. The van der Waals surface area contributed by atoms with E-state index in [-0.39, 0.29) is 0 Å². The summed E-state index contributed by atoms with van der Waals surface area (Å²) >= 11 is 0. The summed E-state index contributed by atoms with van der Waals surface area (Å²) in [7, 11) is 0. The quantitative estimate of drug-likeness (QED) is 0.590. The Morgan fingerprint density at radius 3 is 3.12 bits per heavy atom. The number of hydrogen-bond acceptors (Lipinski definition) is 4. The van der Waals surface area contributed by atoms with Crippen molar-refractivity contribution in [2.75, 3.05) is 0 Å². The van der Waals surface area contributed by atoms with Crippen LogP contribution in [0, 0.1) is 0 Å². The fourth-order valence-corrected chi connectivity index (χ4v) is 2.56. The number of furan rings is 1. The van der Waals surface area contributed by atoms with Crippen molar-refractivity contribution in [2.24, 2.45) is 0 Å². The third-order valence-corrected chi connectivity index (χ3v) is 3.41. The van der Waals surface area contributed by atoms with E-state index in [4.69, 9.17) is 4.42 Å². The zero-order valence-corrected chi connectivity index (χ0v) is 9.31. The summed E-state index contributed by atoms with van der Waals surface area (Å²) < 4.78 is 5.68. The fraction of sp³-hybridized carbons (Fsp3) is 0.308. The van der Waals surface area contributed by atoms with Crippen molar-refractivity contribution in [3.05, 3.63) is 29.8 Å². The van der Waals surface area contributed by atoms with Crippen molar-refractivity contribution in [3.63, 3.8) is 0 Å². The van der Waals surface area contributed by atoms with Crippen molar-refractivity contribution >= 4 is 22.2 Å². The first-order valence-electron chi connectivity index (χ1n) is 5.93. The molecule has 0 saturated heterocycles. The first-order valence-corrected chi connectivity index (χ1v) is 5.93. The Hall–Kier alpha value is -1.97. The van der Waals surface area contributed by atoms with Crippen LogP contribution in [0.25, 0.3) is 22.2 Å². The minimum Gasteiger partial charge on any atom is -0.434 e. The molecule has 0 radical (unpaired) electrons. The van der Waals surface area contributed by atoms with Gasteiger partial charge in [-0.2, -0.15) is 0 Å². The van der Waals surface area contributed by atoms with Gasteiger partial charge in [0.15, 0.2) is 5.58 Å². The van der Waals surface area contributed by atoms with E-state index in [0.717, 1.165) is 29.3 Å². The lowest BCUT2D eigenvalue weighted by Crippen LogP contribution is -2.04. The number of nitrogens with zero attached hydrogens (tertiary/aromatic N) is 3. The molecule has 0 N–H and O–H groups in total. The van der Waals surface area contributed by atoms with Gasteiger partial charge in [0, 0.05) is 5.69 Å². The monoisotopic (exact) mass is 225 g/mol. The van der Waals surface area contributed by atoms with Crippen LogP contribution in [0.1, 0.15) is 24.1 Å². The number of fused-ring (bicyclic) bond motifs is 4. The smallest absolute Gasteiger partial charge is 0.229 e. The van der Waals surface area contributed by atoms with Crippen LogP contribution in [0.3, 0.4) is 0 Å². The molecule has 3 heterocycles. The van der Waals surface area contributed by atoms with E-state index in [1.165, 1.54) is 24.1 Å². The Kier molecular flexibility index (Phi) is 1.75. The number of hydrogen-bond donors (Lipinski definition) is 0. The van der Waals surface area contributed by atoms with E-state index in [0.29, 0.717) is 5.71 Å². The van der Waals surface area contributed by atoms with Crippen LogP contribution in [0.4, 0.5) is 0 Å². The van der Waals surface area contributed by atoms with Gasteiger partial charge in [-0.15, -0.1) is 0 Å². The maximum Gasteiger partial charge on any atom is 0.229 e. The number of aryl methyl sites for hydroxylation is 2. The Bertz CT molecular complexity index is 717. The Morgan fingerprint density at radius 2 is 2.12 bits per heavy atom. The predicted octanol–water partition coefficient (Wildman–Crippen LogP) is 2.65. The van der Waals surface area contributed by atoms with E-state index >= 15 is 0 Å². The minimum absolute atomic E-state index is 0.696. The van der Waals surface area contributed by atoms with Crippen molar-refractivity contribution in [1.82, 2.24) is 15.0 Å². The molecule has 4 nitrogen and oxygen atoms in total. The van der Waals surface area contributed by atoms with Crippen molar-refractivity contribution in [1.29, 1.82) is 0 Å². The van der Waals surface area contributed by atoms with Crippen LogP contribution < -0.4 is 0 Å². The first-order chi connectivity index (χ1) is 8.42. The highest BCUT2D eigenvalue weighted by Gasteiger charge is 2.16. The summed E-state index contributed by atoms with van der Waals surface area (Å²) in [6.45, 7) is 0. The van der Waals surface area contributed by atoms with Crippen molar-refractivity contribution in [3.8, 4) is 0 Å². The molecule has 0 unspecified atom stereocenters. The molecule has 0 atom stereocenters. The maximum atomic E-state index is 5.68. The van der Waals surface area contributed by atoms with Gasteiger partial charge in [-0.25, -0.2) is 15.0 Å². The van der Waals surface area contributed by atoms with Crippen LogP contribution in [0.2, 0.25) is 0 Å². The fourth-order valence-electron chi connectivity index (χ4n) is 2.56. The maximum absolute atomic E-state index is 5.68. The minimum atomic E-state index is 0.696. The summed E-state index contributed by atoms with van der Waals surface area (Å²) in [6.07, 6.45) is 7.92. The lowest BCUT2D eigenvalue weighted by molar-refractivity contribution is 0.631. The van der Waals surface area contributed by atoms with Crippen molar-refractivity contribution < 1.29 is 4.42 Å². The molecule has 3 aromatic heterocycles. The average Bonchev–Trinajstić information content (AvgIpc) is 2.73. The number of rotatable bonds is 0. The molecule has 0 spiro atoms. The highest BCUT2D eigenvalue weighted by Crippen LogP contribution is 2.29. The molecule has 0 bridgehead atoms. The predicted molar refractivity (Wildman–Crippen MR) is 63.7 cm³/mol. The van der Waals surface area contributed by atoms with Crippen LogP contribution in [-0.4, -0.2) is 15.0 Å². The average molecular weight is 225 g/mol. The lowest BCUT2D eigenvalue weighted by atomic mass is 9.95. The largest absolute Gasteiger partial charge is 0.434 e. The van der Waals surface area contributed by atoms with Gasteiger partial charge in [0.1, 0.15) is 11.8 Å². The second-order valence-electron chi connectivity index (χ2n) is 4.49. The molecule has 17 heavy (non-hydrogen) atoms. The van der Waals surface area contributed by atoms with Crippen LogP contribution >= 0.6 is 0 Å². The second-order valence-corrected chi connectivity index (χ2v) is 4.49. The Balaban J connectivity index is 2.12. The molecule has 1 aliphatic rings. The first kappa shape index (κ1) is 9.10. The Morgan fingerprint density at radius 1 is 1.18 bits per heavy atom. The molecule has 0 aliphatic heterocycles. The number of aromatic nitrogens is 3. The van der Waals surface area contributed by atoms with Crippen LogP contribution in [-0.2, 0) is 12.8 Å². The lowest BCUT2D eigenvalue weighted by Gasteiger charge is -2.13. The molecule has 4 rings (SSSR count). The molecular weight excluding hydrogens is 214 g/mol. The van der Waals surface area contributed by atoms with E-state index in [2.05, 4.69) is 21.0 Å². The molecule has 1 aliphatic carbocycles. The standard InChI is InChI=1S/C13H11N3O/c1-2-4-10-8(3-1)5-9-12-11(6-14-7-15-12)17-13(9)16-10/h5-7H,1-4H2. The molecule has 0 aromatic carbocycles.